The zero-order valence-electron chi connectivity index (χ0n) is 18.2. The van der Waals surface area contributed by atoms with Crippen molar-refractivity contribution in [1.29, 1.82) is 0 Å². The molecule has 0 fully saturated rings. The number of aryl methyl sites for hydroxylation is 1. The predicted molar refractivity (Wildman–Crippen MR) is 128 cm³/mol. The summed E-state index contributed by atoms with van der Waals surface area (Å²) in [4.78, 5) is 29.9. The van der Waals surface area contributed by atoms with Crippen molar-refractivity contribution in [3.63, 3.8) is 0 Å². The normalized spacial score (nSPS) is 12.0. The maximum atomic E-state index is 12.9. The first-order valence-corrected chi connectivity index (χ1v) is 10.2. The van der Waals surface area contributed by atoms with E-state index >= 15 is 0 Å². The third-order valence-corrected chi connectivity index (χ3v) is 5.18. The molecule has 0 aliphatic rings. The van der Waals surface area contributed by atoms with Gasteiger partial charge in [0.1, 0.15) is 0 Å². The average molecular weight is 428 g/mol. The van der Waals surface area contributed by atoms with E-state index < -0.39 is 11.2 Å². The highest BCUT2D eigenvalue weighted by atomic mass is 16.2. The molecule has 2 aromatic heterocycles. The van der Waals surface area contributed by atoms with Crippen LogP contribution in [0.5, 0.6) is 0 Å². The molecule has 0 bridgehead atoms. The van der Waals surface area contributed by atoms with Crippen LogP contribution in [0.15, 0.2) is 81.4 Å². The lowest BCUT2D eigenvalue weighted by Gasteiger charge is -2.09. The molecule has 162 valence electrons. The summed E-state index contributed by atoms with van der Waals surface area (Å²) in [7, 11) is 3.07. The summed E-state index contributed by atoms with van der Waals surface area (Å²) in [5, 5.41) is 4.41. The molecule has 32 heavy (non-hydrogen) atoms. The number of anilines is 1. The molecule has 0 unspecified atom stereocenters. The van der Waals surface area contributed by atoms with Crippen molar-refractivity contribution in [2.45, 2.75) is 13.5 Å². The minimum atomic E-state index is -0.427. The SMILES string of the molecule is CC(C=Cc1ccccc1)=NNc1nc2c(c(=O)n(C)c(=O)n2C)n1Cc1ccccc1. The van der Waals surface area contributed by atoms with Gasteiger partial charge >= 0.3 is 5.69 Å². The van der Waals surface area contributed by atoms with Crippen molar-refractivity contribution in [1.82, 2.24) is 18.7 Å². The van der Waals surface area contributed by atoms with Gasteiger partial charge in [-0.2, -0.15) is 10.1 Å². The van der Waals surface area contributed by atoms with Crippen molar-refractivity contribution in [2.24, 2.45) is 19.2 Å². The Morgan fingerprint density at radius 2 is 1.66 bits per heavy atom. The Bertz CT molecular complexity index is 1430. The number of fused-ring (bicyclic) bond motifs is 1. The number of nitrogens with one attached hydrogen (secondary N) is 1. The molecular weight excluding hydrogens is 404 g/mol. The summed E-state index contributed by atoms with van der Waals surface area (Å²) in [5.74, 6) is 0.384. The van der Waals surface area contributed by atoms with E-state index in [9.17, 15) is 9.59 Å². The molecule has 0 saturated carbocycles. The number of imidazole rings is 1. The van der Waals surface area contributed by atoms with E-state index in [0.717, 1.165) is 21.4 Å². The summed E-state index contributed by atoms with van der Waals surface area (Å²) < 4.78 is 4.21. The van der Waals surface area contributed by atoms with Crippen LogP contribution in [0, 0.1) is 0 Å². The fourth-order valence-corrected chi connectivity index (χ4v) is 3.41. The summed E-state index contributed by atoms with van der Waals surface area (Å²) >= 11 is 0. The van der Waals surface area contributed by atoms with Gasteiger partial charge in [0.05, 0.1) is 12.3 Å². The molecule has 2 aromatic carbocycles. The number of rotatable bonds is 6. The van der Waals surface area contributed by atoms with Gasteiger partial charge in [0.25, 0.3) is 5.56 Å². The molecule has 0 aliphatic carbocycles. The number of hydrazone groups is 1. The van der Waals surface area contributed by atoms with Gasteiger partial charge in [0.2, 0.25) is 5.95 Å². The standard InChI is InChI=1S/C24H24N6O2/c1-17(14-15-18-10-6-4-7-11-18)26-27-23-25-21-20(22(31)29(3)24(32)28(21)2)30(23)16-19-12-8-5-9-13-19/h4-15H,16H2,1-3H3,(H,25,27). The lowest BCUT2D eigenvalue weighted by atomic mass is 10.2. The summed E-state index contributed by atoms with van der Waals surface area (Å²) in [6.45, 7) is 2.27. The number of aromatic nitrogens is 4. The third kappa shape index (κ3) is 4.15. The van der Waals surface area contributed by atoms with E-state index in [1.807, 2.05) is 79.7 Å². The van der Waals surface area contributed by atoms with Crippen LogP contribution in [0.1, 0.15) is 18.1 Å². The molecule has 0 radical (unpaired) electrons. The first kappa shape index (κ1) is 21.0. The maximum absolute atomic E-state index is 12.9. The van der Waals surface area contributed by atoms with Crippen LogP contribution in [0.25, 0.3) is 17.2 Å². The molecule has 8 nitrogen and oxygen atoms in total. The van der Waals surface area contributed by atoms with Crippen molar-refractivity contribution in [3.8, 4) is 0 Å². The average Bonchev–Trinajstić information content (AvgIpc) is 3.18. The van der Waals surface area contributed by atoms with E-state index in [2.05, 4.69) is 15.5 Å². The van der Waals surface area contributed by atoms with Gasteiger partial charge in [-0.25, -0.2) is 10.2 Å². The number of benzene rings is 2. The Morgan fingerprint density at radius 1 is 1.00 bits per heavy atom. The zero-order valence-corrected chi connectivity index (χ0v) is 18.2. The smallest absolute Gasteiger partial charge is 0.298 e. The van der Waals surface area contributed by atoms with Gasteiger partial charge in [0.15, 0.2) is 11.2 Å². The summed E-state index contributed by atoms with van der Waals surface area (Å²) in [6, 6.07) is 19.7. The quantitative estimate of drug-likeness (QED) is 0.378. The number of hydrogen-bond donors (Lipinski definition) is 1. The van der Waals surface area contributed by atoms with Gasteiger partial charge in [-0.15, -0.1) is 0 Å². The van der Waals surface area contributed by atoms with E-state index in [4.69, 9.17) is 0 Å². The van der Waals surface area contributed by atoms with E-state index in [-0.39, 0.29) is 0 Å². The van der Waals surface area contributed by atoms with Gasteiger partial charge in [-0.3, -0.25) is 18.5 Å². The monoisotopic (exact) mass is 428 g/mol. The number of hydrogen-bond acceptors (Lipinski definition) is 5. The molecule has 0 atom stereocenters. The fraction of sp³-hybridized carbons (Fsp3) is 0.167. The Morgan fingerprint density at radius 3 is 2.34 bits per heavy atom. The van der Waals surface area contributed by atoms with Gasteiger partial charge in [-0.05, 0) is 24.1 Å². The predicted octanol–water partition coefficient (Wildman–Crippen LogP) is 2.98. The minimum Gasteiger partial charge on any atom is -0.298 e. The highest BCUT2D eigenvalue weighted by Gasteiger charge is 2.19. The first-order chi connectivity index (χ1) is 15.5. The minimum absolute atomic E-state index is 0.309. The lowest BCUT2D eigenvalue weighted by molar-refractivity contribution is 0.702. The van der Waals surface area contributed by atoms with Crippen LogP contribution in [0.2, 0.25) is 0 Å². The summed E-state index contributed by atoms with van der Waals surface area (Å²) in [5.41, 5.74) is 5.60. The van der Waals surface area contributed by atoms with E-state index in [1.165, 1.54) is 11.6 Å². The molecule has 0 saturated heterocycles. The highest BCUT2D eigenvalue weighted by Crippen LogP contribution is 2.18. The zero-order chi connectivity index (χ0) is 22.7. The number of nitrogens with zero attached hydrogens (tertiary/aromatic N) is 5. The maximum Gasteiger partial charge on any atom is 0.332 e. The van der Waals surface area contributed by atoms with Gasteiger partial charge in [0, 0.05) is 14.1 Å². The molecule has 0 spiro atoms. The van der Waals surface area contributed by atoms with E-state index in [1.54, 1.807) is 11.6 Å². The molecule has 8 heteroatoms. The Labute approximate surface area is 184 Å². The Balaban J connectivity index is 1.76. The Kier molecular flexibility index (Phi) is 5.85. The van der Waals surface area contributed by atoms with Crippen molar-refractivity contribution in [2.75, 3.05) is 5.43 Å². The summed E-state index contributed by atoms with van der Waals surface area (Å²) in [6.07, 6.45) is 3.86. The fourth-order valence-electron chi connectivity index (χ4n) is 3.41. The van der Waals surface area contributed by atoms with Crippen molar-refractivity contribution >= 4 is 28.9 Å². The van der Waals surface area contributed by atoms with Crippen LogP contribution in [-0.2, 0) is 20.6 Å². The second kappa shape index (κ2) is 8.89. The highest BCUT2D eigenvalue weighted by molar-refractivity contribution is 5.96. The second-order valence-electron chi connectivity index (χ2n) is 7.49. The van der Waals surface area contributed by atoms with Crippen LogP contribution >= 0.6 is 0 Å². The Hall–Kier alpha value is -4.20. The molecule has 0 amide bonds. The lowest BCUT2D eigenvalue weighted by Crippen LogP contribution is -2.37. The van der Waals surface area contributed by atoms with Crippen molar-refractivity contribution in [3.05, 3.63) is 98.7 Å². The van der Waals surface area contributed by atoms with Crippen LogP contribution in [-0.4, -0.2) is 24.4 Å². The largest absolute Gasteiger partial charge is 0.332 e. The topological polar surface area (TPSA) is 86.2 Å². The second-order valence-corrected chi connectivity index (χ2v) is 7.49. The molecular formula is C24H24N6O2. The molecule has 4 rings (SSSR count). The van der Waals surface area contributed by atoms with Crippen LogP contribution in [0.3, 0.4) is 0 Å². The van der Waals surface area contributed by atoms with Crippen LogP contribution in [0.4, 0.5) is 5.95 Å². The van der Waals surface area contributed by atoms with Crippen LogP contribution < -0.4 is 16.7 Å². The van der Waals surface area contributed by atoms with E-state index in [0.29, 0.717) is 23.7 Å². The first-order valence-electron chi connectivity index (χ1n) is 10.2. The molecule has 0 aliphatic heterocycles. The van der Waals surface area contributed by atoms with Gasteiger partial charge < -0.3 is 0 Å². The third-order valence-electron chi connectivity index (χ3n) is 5.18. The molecule has 4 aromatic rings. The van der Waals surface area contributed by atoms with Crippen molar-refractivity contribution < 1.29 is 0 Å². The molecule has 1 N–H and O–H groups in total. The van der Waals surface area contributed by atoms with Gasteiger partial charge in [-0.1, -0.05) is 66.7 Å². The molecule has 2 heterocycles. The number of allylic oxidation sites excluding steroid dienone is 1.